The third kappa shape index (κ3) is 3.93. The minimum absolute atomic E-state index is 0.167. The highest BCUT2D eigenvalue weighted by Gasteiger charge is 2.24. The van der Waals surface area contributed by atoms with E-state index >= 15 is 0 Å². The van der Waals surface area contributed by atoms with Crippen molar-refractivity contribution in [2.24, 2.45) is 0 Å². The molecule has 0 spiro atoms. The van der Waals surface area contributed by atoms with E-state index in [1.165, 1.54) is 23.1 Å². The van der Waals surface area contributed by atoms with E-state index in [0.29, 0.717) is 10.8 Å². The molecule has 7 heteroatoms. The summed E-state index contributed by atoms with van der Waals surface area (Å²) in [5.74, 6) is 0.0157. The van der Waals surface area contributed by atoms with Gasteiger partial charge in [-0.2, -0.15) is 0 Å². The van der Waals surface area contributed by atoms with Gasteiger partial charge in [0.05, 0.1) is 12.3 Å². The zero-order valence-electron chi connectivity index (χ0n) is 12.5. The summed E-state index contributed by atoms with van der Waals surface area (Å²) in [5, 5.41) is 15.5. The average Bonchev–Trinajstić information content (AvgIpc) is 3.20. The standard InChI is InChI=1S/C16H16N2O3S2/c1-16(20,13-7-4-8-22-13)10-17-14(19)9-23-15-18-11-5-2-3-6-12(11)21-15/h2-8,20H,9-10H2,1H3,(H,17,19). The summed E-state index contributed by atoms with van der Waals surface area (Å²) in [5.41, 5.74) is 0.415. The third-order valence-electron chi connectivity index (χ3n) is 3.28. The maximum atomic E-state index is 11.9. The summed E-state index contributed by atoms with van der Waals surface area (Å²) < 4.78 is 5.55. The molecule has 1 aromatic carbocycles. The fourth-order valence-electron chi connectivity index (χ4n) is 2.03. The molecule has 0 aliphatic rings. The van der Waals surface area contributed by atoms with Crippen LogP contribution in [0.1, 0.15) is 11.8 Å². The lowest BCUT2D eigenvalue weighted by Gasteiger charge is -2.22. The van der Waals surface area contributed by atoms with Crippen LogP contribution in [0.2, 0.25) is 0 Å². The van der Waals surface area contributed by atoms with Crippen LogP contribution >= 0.6 is 23.1 Å². The number of aliphatic hydroxyl groups is 1. The minimum atomic E-state index is -1.06. The first-order valence-corrected chi connectivity index (χ1v) is 8.92. The van der Waals surface area contributed by atoms with Crippen molar-refractivity contribution in [3.63, 3.8) is 0 Å². The molecule has 2 N–H and O–H groups in total. The number of rotatable bonds is 6. The van der Waals surface area contributed by atoms with Gasteiger partial charge in [-0.25, -0.2) is 4.98 Å². The van der Waals surface area contributed by atoms with Gasteiger partial charge in [-0.3, -0.25) is 4.79 Å². The van der Waals surface area contributed by atoms with Crippen molar-refractivity contribution in [1.29, 1.82) is 0 Å². The second kappa shape index (κ2) is 6.74. The lowest BCUT2D eigenvalue weighted by Crippen LogP contribution is -2.38. The van der Waals surface area contributed by atoms with Crippen molar-refractivity contribution >= 4 is 40.1 Å². The Kier molecular flexibility index (Phi) is 4.70. The van der Waals surface area contributed by atoms with E-state index in [9.17, 15) is 9.90 Å². The van der Waals surface area contributed by atoms with Gasteiger partial charge in [-0.15, -0.1) is 11.3 Å². The number of nitrogens with zero attached hydrogens (tertiary/aromatic N) is 1. The van der Waals surface area contributed by atoms with Crippen LogP contribution in [0, 0.1) is 0 Å². The van der Waals surface area contributed by atoms with Gasteiger partial charge in [-0.05, 0) is 30.5 Å². The first-order chi connectivity index (χ1) is 11.0. The molecule has 0 fully saturated rings. The number of aromatic nitrogens is 1. The molecule has 3 rings (SSSR count). The predicted molar refractivity (Wildman–Crippen MR) is 91.6 cm³/mol. The van der Waals surface area contributed by atoms with Gasteiger partial charge in [-0.1, -0.05) is 30.0 Å². The molecule has 1 amide bonds. The van der Waals surface area contributed by atoms with Gasteiger partial charge in [0.1, 0.15) is 11.1 Å². The molecule has 0 saturated heterocycles. The van der Waals surface area contributed by atoms with Crippen LogP contribution < -0.4 is 5.32 Å². The molecule has 1 atom stereocenters. The van der Waals surface area contributed by atoms with E-state index in [0.717, 1.165) is 10.4 Å². The first-order valence-electron chi connectivity index (χ1n) is 7.06. The van der Waals surface area contributed by atoms with Gasteiger partial charge in [0.25, 0.3) is 5.22 Å². The zero-order valence-corrected chi connectivity index (χ0v) is 14.1. The van der Waals surface area contributed by atoms with Crippen LogP contribution in [0.25, 0.3) is 11.1 Å². The van der Waals surface area contributed by atoms with Crippen LogP contribution in [-0.2, 0) is 10.4 Å². The SMILES string of the molecule is CC(O)(CNC(=O)CSc1nc2ccccc2o1)c1cccs1. The first kappa shape index (κ1) is 16.0. The quantitative estimate of drug-likeness (QED) is 0.670. The zero-order chi connectivity index (χ0) is 16.3. The molecule has 0 radical (unpaired) electrons. The van der Waals surface area contributed by atoms with E-state index in [1.807, 2.05) is 41.8 Å². The van der Waals surface area contributed by atoms with Crippen molar-refractivity contribution in [1.82, 2.24) is 10.3 Å². The molecule has 0 aliphatic carbocycles. The maximum Gasteiger partial charge on any atom is 0.257 e. The van der Waals surface area contributed by atoms with Gasteiger partial charge < -0.3 is 14.8 Å². The summed E-state index contributed by atoms with van der Waals surface area (Å²) >= 11 is 2.70. The Labute approximate surface area is 141 Å². The highest BCUT2D eigenvalue weighted by molar-refractivity contribution is 7.99. The molecule has 2 heterocycles. The van der Waals surface area contributed by atoms with E-state index < -0.39 is 5.60 Å². The number of fused-ring (bicyclic) bond motifs is 1. The molecular formula is C16H16N2O3S2. The monoisotopic (exact) mass is 348 g/mol. The molecule has 5 nitrogen and oxygen atoms in total. The number of thiophene rings is 1. The van der Waals surface area contributed by atoms with Crippen LogP contribution in [-0.4, -0.2) is 28.3 Å². The van der Waals surface area contributed by atoms with Crippen LogP contribution in [0.4, 0.5) is 0 Å². The van der Waals surface area contributed by atoms with Gasteiger partial charge in [0, 0.05) is 4.88 Å². The van der Waals surface area contributed by atoms with Gasteiger partial charge >= 0.3 is 0 Å². The number of benzene rings is 1. The number of hydrogen-bond acceptors (Lipinski definition) is 6. The topological polar surface area (TPSA) is 75.4 Å². The summed E-state index contributed by atoms with van der Waals surface area (Å²) in [7, 11) is 0. The molecule has 120 valence electrons. The number of thioether (sulfide) groups is 1. The Bertz CT molecular complexity index is 764. The van der Waals surface area contributed by atoms with Crippen LogP contribution in [0.5, 0.6) is 0 Å². The number of oxazole rings is 1. The van der Waals surface area contributed by atoms with Gasteiger partial charge in [0.15, 0.2) is 5.58 Å². The Balaban J connectivity index is 1.51. The molecule has 0 saturated carbocycles. The Morgan fingerprint density at radius 1 is 1.39 bits per heavy atom. The maximum absolute atomic E-state index is 11.9. The van der Waals surface area contributed by atoms with Crippen molar-refractivity contribution in [3.05, 3.63) is 46.7 Å². The fraction of sp³-hybridized carbons (Fsp3) is 0.250. The highest BCUT2D eigenvalue weighted by atomic mass is 32.2. The summed E-state index contributed by atoms with van der Waals surface area (Å²) in [4.78, 5) is 17.1. The van der Waals surface area contributed by atoms with Gasteiger partial charge in [0.2, 0.25) is 5.91 Å². The normalized spacial score (nSPS) is 13.8. The lowest BCUT2D eigenvalue weighted by molar-refractivity contribution is -0.119. The number of carbonyl (C=O) groups excluding carboxylic acids is 1. The summed E-state index contributed by atoms with van der Waals surface area (Å²) in [6.45, 7) is 1.85. The Morgan fingerprint density at radius 3 is 2.96 bits per heavy atom. The summed E-state index contributed by atoms with van der Waals surface area (Å²) in [6, 6.07) is 11.2. The number of para-hydroxylation sites is 2. The van der Waals surface area contributed by atoms with E-state index in [2.05, 4.69) is 10.3 Å². The molecule has 2 aromatic heterocycles. The molecule has 0 aliphatic heterocycles. The largest absolute Gasteiger partial charge is 0.431 e. The minimum Gasteiger partial charge on any atom is -0.431 e. The number of hydrogen-bond donors (Lipinski definition) is 2. The average molecular weight is 348 g/mol. The molecule has 1 unspecified atom stereocenters. The molecule has 23 heavy (non-hydrogen) atoms. The van der Waals surface area contributed by atoms with E-state index in [4.69, 9.17) is 4.42 Å². The third-order valence-corrected chi connectivity index (χ3v) is 5.23. The second-order valence-corrected chi connectivity index (χ2v) is 7.14. The summed E-state index contributed by atoms with van der Waals surface area (Å²) in [6.07, 6.45) is 0. The number of carbonyl (C=O) groups is 1. The Morgan fingerprint density at radius 2 is 2.22 bits per heavy atom. The fourth-order valence-corrected chi connectivity index (χ4v) is 3.49. The number of amides is 1. The number of nitrogens with one attached hydrogen (secondary N) is 1. The molecule has 3 aromatic rings. The smallest absolute Gasteiger partial charge is 0.257 e. The molecular weight excluding hydrogens is 332 g/mol. The Hall–Kier alpha value is -1.83. The van der Waals surface area contributed by atoms with Crippen molar-refractivity contribution < 1.29 is 14.3 Å². The van der Waals surface area contributed by atoms with Crippen molar-refractivity contribution in [3.8, 4) is 0 Å². The lowest BCUT2D eigenvalue weighted by atomic mass is 10.1. The second-order valence-electron chi connectivity index (χ2n) is 5.26. The van der Waals surface area contributed by atoms with Crippen LogP contribution in [0.15, 0.2) is 51.4 Å². The molecule has 0 bridgehead atoms. The predicted octanol–water partition coefficient (Wildman–Crippen LogP) is 3.01. The van der Waals surface area contributed by atoms with E-state index in [-0.39, 0.29) is 18.2 Å². The van der Waals surface area contributed by atoms with E-state index in [1.54, 1.807) is 6.92 Å². The van der Waals surface area contributed by atoms with Crippen molar-refractivity contribution in [2.45, 2.75) is 17.7 Å². The van der Waals surface area contributed by atoms with Crippen molar-refractivity contribution in [2.75, 3.05) is 12.3 Å². The van der Waals surface area contributed by atoms with Crippen LogP contribution in [0.3, 0.4) is 0 Å². The highest BCUT2D eigenvalue weighted by Crippen LogP contribution is 2.25.